The highest BCUT2D eigenvalue weighted by Crippen LogP contribution is 2.26. The summed E-state index contributed by atoms with van der Waals surface area (Å²) >= 11 is 10.5. The van der Waals surface area contributed by atoms with Crippen molar-refractivity contribution < 1.29 is 19.1 Å². The van der Waals surface area contributed by atoms with Crippen LogP contribution in [0.25, 0.3) is 11.3 Å². The summed E-state index contributed by atoms with van der Waals surface area (Å²) in [5.41, 5.74) is 1.80. The first kappa shape index (κ1) is 20.3. The number of hydrogen-bond acceptors (Lipinski definition) is 6. The zero-order chi connectivity index (χ0) is 20.1. The second-order valence-corrected chi connectivity index (χ2v) is 7.70. The molecule has 0 unspecified atom stereocenters. The molecule has 1 heterocycles. The number of benzene rings is 2. The standard InChI is InChI=1S/C19H14BrClN2O4S/c1-26-13-5-2-11(3-6-13)16-10-28-19(22-16)23-17(24)9-27-18(25)14-8-12(20)4-7-15(14)21/h2-8,10H,9H2,1H3,(H,22,23,24). The van der Waals surface area contributed by atoms with Crippen molar-refractivity contribution in [2.45, 2.75) is 0 Å². The average molecular weight is 482 g/mol. The van der Waals surface area contributed by atoms with Gasteiger partial charge in [0.25, 0.3) is 5.91 Å². The number of rotatable bonds is 6. The summed E-state index contributed by atoms with van der Waals surface area (Å²) in [6.07, 6.45) is 0. The molecule has 3 aromatic rings. The average Bonchev–Trinajstić information content (AvgIpc) is 3.16. The number of nitrogens with one attached hydrogen (secondary N) is 1. The van der Waals surface area contributed by atoms with E-state index in [9.17, 15) is 9.59 Å². The Balaban J connectivity index is 1.57. The number of carbonyl (C=O) groups excluding carboxylic acids is 2. The Morgan fingerprint density at radius 3 is 2.68 bits per heavy atom. The van der Waals surface area contributed by atoms with Crippen LogP contribution >= 0.6 is 38.9 Å². The first-order valence-corrected chi connectivity index (χ1v) is 10.0. The van der Waals surface area contributed by atoms with Crippen molar-refractivity contribution in [1.82, 2.24) is 4.98 Å². The van der Waals surface area contributed by atoms with Crippen LogP contribution in [0.3, 0.4) is 0 Å². The van der Waals surface area contributed by atoms with Crippen molar-refractivity contribution in [2.75, 3.05) is 19.0 Å². The third-order valence-electron chi connectivity index (χ3n) is 3.62. The van der Waals surface area contributed by atoms with E-state index in [1.165, 1.54) is 17.4 Å². The monoisotopic (exact) mass is 480 g/mol. The molecule has 0 aliphatic heterocycles. The van der Waals surface area contributed by atoms with E-state index in [1.54, 1.807) is 19.2 Å². The van der Waals surface area contributed by atoms with Crippen LogP contribution in [0.2, 0.25) is 5.02 Å². The zero-order valence-corrected chi connectivity index (χ0v) is 17.7. The summed E-state index contributed by atoms with van der Waals surface area (Å²) in [6.45, 7) is -0.445. The Morgan fingerprint density at radius 1 is 1.21 bits per heavy atom. The van der Waals surface area contributed by atoms with Crippen LogP contribution in [0.15, 0.2) is 52.3 Å². The lowest BCUT2D eigenvalue weighted by Gasteiger charge is -2.06. The highest BCUT2D eigenvalue weighted by Gasteiger charge is 2.15. The number of methoxy groups -OCH3 is 1. The molecule has 0 saturated carbocycles. The van der Waals surface area contributed by atoms with Crippen molar-refractivity contribution >= 4 is 55.9 Å². The number of ether oxygens (including phenoxy) is 2. The second-order valence-electron chi connectivity index (χ2n) is 5.51. The number of esters is 1. The molecule has 9 heteroatoms. The van der Waals surface area contributed by atoms with Gasteiger partial charge >= 0.3 is 5.97 Å². The van der Waals surface area contributed by atoms with Gasteiger partial charge < -0.3 is 9.47 Å². The molecule has 1 aromatic heterocycles. The molecular weight excluding hydrogens is 468 g/mol. The molecule has 144 valence electrons. The first-order valence-electron chi connectivity index (χ1n) is 7.98. The number of amides is 1. The molecule has 2 aromatic carbocycles. The van der Waals surface area contributed by atoms with Crippen LogP contribution in [0, 0.1) is 0 Å². The summed E-state index contributed by atoms with van der Waals surface area (Å²) in [7, 11) is 1.60. The Labute approximate surface area is 178 Å². The van der Waals surface area contributed by atoms with E-state index in [4.69, 9.17) is 21.1 Å². The van der Waals surface area contributed by atoms with Gasteiger partial charge in [-0.15, -0.1) is 11.3 Å². The molecule has 0 bridgehead atoms. The molecule has 1 amide bonds. The van der Waals surface area contributed by atoms with Crippen LogP contribution in [0.5, 0.6) is 5.75 Å². The minimum atomic E-state index is -0.681. The van der Waals surface area contributed by atoms with Gasteiger partial charge in [0.1, 0.15) is 5.75 Å². The maximum Gasteiger partial charge on any atom is 0.340 e. The van der Waals surface area contributed by atoms with Gasteiger partial charge in [-0.3, -0.25) is 10.1 Å². The van der Waals surface area contributed by atoms with E-state index in [1.807, 2.05) is 29.6 Å². The van der Waals surface area contributed by atoms with Gasteiger partial charge in [-0.05, 0) is 42.5 Å². The normalized spacial score (nSPS) is 10.4. The van der Waals surface area contributed by atoms with Gasteiger partial charge in [0.2, 0.25) is 0 Å². The molecule has 3 rings (SSSR count). The number of carbonyl (C=O) groups is 2. The third kappa shape index (κ3) is 5.09. The molecule has 28 heavy (non-hydrogen) atoms. The van der Waals surface area contributed by atoms with Gasteiger partial charge in [-0.2, -0.15) is 0 Å². The SMILES string of the molecule is COc1ccc(-c2csc(NC(=O)COC(=O)c3cc(Br)ccc3Cl)n2)cc1. The quantitative estimate of drug-likeness (QED) is 0.500. The molecule has 0 fully saturated rings. The number of anilines is 1. The summed E-state index contributed by atoms with van der Waals surface area (Å²) in [6, 6.07) is 12.2. The van der Waals surface area contributed by atoms with Crippen LogP contribution in [-0.4, -0.2) is 30.6 Å². The van der Waals surface area contributed by atoms with Crippen LogP contribution in [-0.2, 0) is 9.53 Å². The fourth-order valence-electron chi connectivity index (χ4n) is 2.24. The number of hydrogen-bond donors (Lipinski definition) is 1. The second kappa shape index (κ2) is 9.18. The molecule has 1 N–H and O–H groups in total. The van der Waals surface area contributed by atoms with Gasteiger partial charge in [0.05, 0.1) is 23.4 Å². The summed E-state index contributed by atoms with van der Waals surface area (Å²) in [5.74, 6) is -0.422. The van der Waals surface area contributed by atoms with E-state index in [0.29, 0.717) is 9.60 Å². The summed E-state index contributed by atoms with van der Waals surface area (Å²) in [4.78, 5) is 28.5. The van der Waals surface area contributed by atoms with Crippen LogP contribution in [0.4, 0.5) is 5.13 Å². The molecule has 0 saturated heterocycles. The lowest BCUT2D eigenvalue weighted by Crippen LogP contribution is -2.21. The van der Waals surface area contributed by atoms with Crippen LogP contribution < -0.4 is 10.1 Å². The number of thiazole rings is 1. The van der Waals surface area contributed by atoms with Crippen molar-refractivity contribution in [3.8, 4) is 17.0 Å². The Morgan fingerprint density at radius 2 is 1.96 bits per heavy atom. The van der Waals surface area contributed by atoms with Gasteiger partial charge in [-0.25, -0.2) is 9.78 Å². The predicted molar refractivity (Wildman–Crippen MR) is 112 cm³/mol. The highest BCUT2D eigenvalue weighted by atomic mass is 79.9. The first-order chi connectivity index (χ1) is 13.5. The Kier molecular flexibility index (Phi) is 6.66. The molecule has 0 aliphatic rings. The minimum Gasteiger partial charge on any atom is -0.497 e. The van der Waals surface area contributed by atoms with Crippen LogP contribution in [0.1, 0.15) is 10.4 Å². The van der Waals surface area contributed by atoms with Gasteiger partial charge in [0, 0.05) is 15.4 Å². The van der Waals surface area contributed by atoms with E-state index in [0.717, 1.165) is 17.0 Å². The number of nitrogens with zero attached hydrogens (tertiary/aromatic N) is 1. The highest BCUT2D eigenvalue weighted by molar-refractivity contribution is 9.10. The van der Waals surface area contributed by atoms with Crippen molar-refractivity contribution in [1.29, 1.82) is 0 Å². The maximum absolute atomic E-state index is 12.1. The fraction of sp³-hybridized carbons (Fsp3) is 0.105. The van der Waals surface area contributed by atoms with Crippen molar-refractivity contribution in [3.63, 3.8) is 0 Å². The summed E-state index contributed by atoms with van der Waals surface area (Å²) in [5, 5.41) is 5.09. The Hall–Kier alpha value is -2.42. The van der Waals surface area contributed by atoms with E-state index < -0.39 is 18.5 Å². The van der Waals surface area contributed by atoms with Crippen molar-refractivity contribution in [2.24, 2.45) is 0 Å². The maximum atomic E-state index is 12.1. The largest absolute Gasteiger partial charge is 0.497 e. The van der Waals surface area contributed by atoms with E-state index in [-0.39, 0.29) is 10.6 Å². The van der Waals surface area contributed by atoms with Crippen molar-refractivity contribution in [3.05, 3.63) is 62.9 Å². The van der Waals surface area contributed by atoms with E-state index >= 15 is 0 Å². The zero-order valence-electron chi connectivity index (χ0n) is 14.6. The molecular formula is C19H14BrClN2O4S. The fourth-order valence-corrected chi connectivity index (χ4v) is 3.54. The smallest absolute Gasteiger partial charge is 0.340 e. The predicted octanol–water partition coefficient (Wildman–Crippen LogP) is 5.03. The number of halogens is 2. The number of aromatic nitrogens is 1. The Bertz CT molecular complexity index is 1010. The topological polar surface area (TPSA) is 77.5 Å². The van der Waals surface area contributed by atoms with E-state index in [2.05, 4.69) is 26.2 Å². The molecule has 0 atom stereocenters. The van der Waals surface area contributed by atoms with Gasteiger partial charge in [-0.1, -0.05) is 27.5 Å². The molecule has 0 radical (unpaired) electrons. The summed E-state index contributed by atoms with van der Waals surface area (Å²) < 4.78 is 10.8. The molecule has 6 nitrogen and oxygen atoms in total. The van der Waals surface area contributed by atoms with Gasteiger partial charge in [0.15, 0.2) is 11.7 Å². The molecule has 0 aliphatic carbocycles. The minimum absolute atomic E-state index is 0.180. The third-order valence-corrected chi connectivity index (χ3v) is 5.20. The lowest BCUT2D eigenvalue weighted by molar-refractivity contribution is -0.119. The lowest BCUT2D eigenvalue weighted by atomic mass is 10.2. The molecule has 0 spiro atoms.